The number of aromatic amines is 2. The lowest BCUT2D eigenvalue weighted by Crippen LogP contribution is -2.27. The second-order valence-corrected chi connectivity index (χ2v) is 6.25. The van der Waals surface area contributed by atoms with Gasteiger partial charge in [0.25, 0.3) is 11.5 Å². The highest BCUT2D eigenvalue weighted by atomic mass is 32.1. The van der Waals surface area contributed by atoms with Crippen LogP contribution >= 0.6 is 11.3 Å². The molecule has 3 N–H and O–H groups in total. The number of amides is 1. The Morgan fingerprint density at radius 2 is 1.93 bits per heavy atom. The van der Waals surface area contributed by atoms with Crippen LogP contribution in [0.5, 0.6) is 5.75 Å². The normalized spacial score (nSPS) is 10.3. The van der Waals surface area contributed by atoms with Crippen LogP contribution in [-0.4, -0.2) is 40.5 Å². The number of hydrogen-bond acceptors (Lipinski definition) is 8. The minimum atomic E-state index is -1.00. The first-order valence-electron chi connectivity index (χ1n) is 7.85. The van der Waals surface area contributed by atoms with Crippen LogP contribution < -0.4 is 21.3 Å². The second-order valence-electron chi connectivity index (χ2n) is 5.39. The molecule has 0 saturated carbocycles. The SMILES string of the molecule is COc1ccc(-c2csc(NC(=O)COC(=O)c3cc(=O)[nH]c(=O)[nH]3)n2)cc1. The summed E-state index contributed by atoms with van der Waals surface area (Å²) in [6.07, 6.45) is 0. The van der Waals surface area contributed by atoms with Crippen LogP contribution in [0.1, 0.15) is 10.5 Å². The van der Waals surface area contributed by atoms with Gasteiger partial charge in [-0.3, -0.25) is 19.9 Å². The minimum absolute atomic E-state index is 0.330. The Morgan fingerprint density at radius 1 is 1.18 bits per heavy atom. The summed E-state index contributed by atoms with van der Waals surface area (Å²) < 4.78 is 9.88. The molecule has 0 fully saturated rings. The summed E-state index contributed by atoms with van der Waals surface area (Å²) >= 11 is 1.21. The number of aromatic nitrogens is 3. The quantitative estimate of drug-likeness (QED) is 0.522. The van der Waals surface area contributed by atoms with Crippen molar-refractivity contribution in [2.24, 2.45) is 0 Å². The lowest BCUT2D eigenvalue weighted by molar-refractivity contribution is -0.119. The van der Waals surface area contributed by atoms with Crippen molar-refractivity contribution < 1.29 is 19.1 Å². The van der Waals surface area contributed by atoms with Gasteiger partial charge in [-0.2, -0.15) is 0 Å². The van der Waals surface area contributed by atoms with E-state index in [4.69, 9.17) is 9.47 Å². The molecule has 0 radical (unpaired) electrons. The smallest absolute Gasteiger partial charge is 0.355 e. The van der Waals surface area contributed by atoms with E-state index in [0.717, 1.165) is 17.4 Å². The standard InChI is InChI=1S/C17H14N4O6S/c1-26-10-4-2-9(3-5-10)12-8-28-17(19-12)21-14(23)7-27-15(24)11-6-13(22)20-16(25)18-11/h2-6,8H,7H2,1H3,(H,19,21,23)(H2,18,20,22,25). The molecular weight excluding hydrogens is 388 g/mol. The third-order valence-corrected chi connectivity index (χ3v) is 4.21. The number of anilines is 1. The topological polar surface area (TPSA) is 143 Å². The zero-order valence-electron chi connectivity index (χ0n) is 14.5. The van der Waals surface area contributed by atoms with Crippen molar-refractivity contribution in [3.8, 4) is 17.0 Å². The molecule has 0 bridgehead atoms. The minimum Gasteiger partial charge on any atom is -0.497 e. The van der Waals surface area contributed by atoms with Crippen molar-refractivity contribution in [3.05, 3.63) is 62.2 Å². The highest BCUT2D eigenvalue weighted by molar-refractivity contribution is 7.14. The van der Waals surface area contributed by atoms with E-state index in [0.29, 0.717) is 10.8 Å². The van der Waals surface area contributed by atoms with Crippen molar-refractivity contribution in [1.29, 1.82) is 0 Å². The van der Waals surface area contributed by atoms with Crippen LogP contribution in [0, 0.1) is 0 Å². The molecule has 1 aromatic carbocycles. The third kappa shape index (κ3) is 4.71. The van der Waals surface area contributed by atoms with Gasteiger partial charge >= 0.3 is 11.7 Å². The zero-order chi connectivity index (χ0) is 20.1. The van der Waals surface area contributed by atoms with E-state index >= 15 is 0 Å². The molecule has 144 valence electrons. The van der Waals surface area contributed by atoms with Crippen molar-refractivity contribution in [3.63, 3.8) is 0 Å². The molecule has 0 spiro atoms. The number of nitrogens with zero attached hydrogens (tertiary/aromatic N) is 1. The Kier molecular flexibility index (Phi) is 5.65. The molecule has 2 heterocycles. The van der Waals surface area contributed by atoms with Crippen LogP contribution in [0.3, 0.4) is 0 Å². The number of carbonyl (C=O) groups is 2. The molecule has 0 aliphatic rings. The van der Waals surface area contributed by atoms with Gasteiger partial charge in [-0.25, -0.2) is 14.6 Å². The fraction of sp³-hybridized carbons (Fsp3) is 0.118. The number of H-pyrrole nitrogens is 2. The van der Waals surface area contributed by atoms with Gasteiger partial charge in [-0.1, -0.05) is 0 Å². The summed E-state index contributed by atoms with van der Waals surface area (Å²) in [5.41, 5.74) is -0.437. The van der Waals surface area contributed by atoms with Crippen LogP contribution in [0.15, 0.2) is 45.3 Å². The number of methoxy groups -OCH3 is 1. The Bertz CT molecular complexity index is 1090. The molecule has 0 atom stereocenters. The summed E-state index contributed by atoms with van der Waals surface area (Å²) in [6, 6.07) is 8.13. The van der Waals surface area contributed by atoms with Crippen molar-refractivity contribution >= 4 is 28.3 Å². The van der Waals surface area contributed by atoms with Crippen molar-refractivity contribution in [2.75, 3.05) is 19.0 Å². The van der Waals surface area contributed by atoms with E-state index in [2.05, 4.69) is 15.3 Å². The Morgan fingerprint density at radius 3 is 2.61 bits per heavy atom. The molecular formula is C17H14N4O6S. The maximum absolute atomic E-state index is 11.9. The number of benzene rings is 1. The number of nitrogens with one attached hydrogen (secondary N) is 3. The molecule has 28 heavy (non-hydrogen) atoms. The average Bonchev–Trinajstić information content (AvgIpc) is 3.13. The first kappa shape index (κ1) is 19.0. The third-order valence-electron chi connectivity index (χ3n) is 3.45. The zero-order valence-corrected chi connectivity index (χ0v) is 15.3. The molecule has 3 aromatic rings. The van der Waals surface area contributed by atoms with Crippen LogP contribution in [0.25, 0.3) is 11.3 Å². The molecule has 0 saturated heterocycles. The Hall–Kier alpha value is -3.73. The predicted octanol–water partition coefficient (Wildman–Crippen LogP) is 0.991. The van der Waals surface area contributed by atoms with Gasteiger partial charge < -0.3 is 14.5 Å². The molecule has 1 amide bonds. The molecule has 0 unspecified atom stereocenters. The van der Waals surface area contributed by atoms with Gasteiger partial charge in [-0.05, 0) is 24.3 Å². The number of ether oxygens (including phenoxy) is 2. The Balaban J connectivity index is 1.57. The highest BCUT2D eigenvalue weighted by Gasteiger charge is 2.14. The molecule has 0 aliphatic carbocycles. The van der Waals surface area contributed by atoms with Crippen molar-refractivity contribution in [1.82, 2.24) is 15.0 Å². The fourth-order valence-electron chi connectivity index (χ4n) is 2.17. The maximum atomic E-state index is 11.9. The molecule has 2 aromatic heterocycles. The Labute approximate surface area is 161 Å². The number of esters is 1. The van der Waals surface area contributed by atoms with Gasteiger partial charge in [0, 0.05) is 17.0 Å². The van der Waals surface area contributed by atoms with E-state index in [1.54, 1.807) is 24.6 Å². The van der Waals surface area contributed by atoms with E-state index in [1.807, 2.05) is 17.1 Å². The van der Waals surface area contributed by atoms with E-state index < -0.39 is 29.7 Å². The van der Waals surface area contributed by atoms with Crippen LogP contribution in [0.4, 0.5) is 5.13 Å². The van der Waals surface area contributed by atoms with Crippen LogP contribution in [-0.2, 0) is 9.53 Å². The van der Waals surface area contributed by atoms with E-state index in [-0.39, 0.29) is 5.69 Å². The fourth-order valence-corrected chi connectivity index (χ4v) is 2.90. The number of hydrogen-bond donors (Lipinski definition) is 3. The first-order chi connectivity index (χ1) is 13.4. The maximum Gasteiger partial charge on any atom is 0.355 e. The van der Waals surface area contributed by atoms with Gasteiger partial charge in [0.1, 0.15) is 11.4 Å². The largest absolute Gasteiger partial charge is 0.497 e. The monoisotopic (exact) mass is 402 g/mol. The summed E-state index contributed by atoms with van der Waals surface area (Å²) in [5.74, 6) is -0.899. The number of thiazole rings is 1. The lowest BCUT2D eigenvalue weighted by atomic mass is 10.2. The van der Waals surface area contributed by atoms with Crippen LogP contribution in [0.2, 0.25) is 0 Å². The highest BCUT2D eigenvalue weighted by Crippen LogP contribution is 2.26. The summed E-state index contributed by atoms with van der Waals surface area (Å²) in [5, 5.41) is 4.61. The molecule has 0 aliphatic heterocycles. The summed E-state index contributed by atoms with van der Waals surface area (Å²) in [6.45, 7) is -0.606. The predicted molar refractivity (Wildman–Crippen MR) is 101 cm³/mol. The number of rotatable bonds is 6. The van der Waals surface area contributed by atoms with Gasteiger partial charge in [0.15, 0.2) is 11.7 Å². The molecule has 10 nitrogen and oxygen atoms in total. The average molecular weight is 402 g/mol. The lowest BCUT2D eigenvalue weighted by Gasteiger charge is -2.04. The summed E-state index contributed by atoms with van der Waals surface area (Å²) in [4.78, 5) is 54.4. The van der Waals surface area contributed by atoms with Gasteiger partial charge in [-0.15, -0.1) is 11.3 Å². The van der Waals surface area contributed by atoms with E-state index in [1.165, 1.54) is 11.3 Å². The number of carbonyl (C=O) groups excluding carboxylic acids is 2. The second kappa shape index (κ2) is 8.31. The van der Waals surface area contributed by atoms with Crippen molar-refractivity contribution in [2.45, 2.75) is 0 Å². The molecule has 11 heteroatoms. The molecule has 3 rings (SSSR count). The van der Waals surface area contributed by atoms with Gasteiger partial charge in [0.2, 0.25) is 0 Å². The first-order valence-corrected chi connectivity index (χ1v) is 8.73. The summed E-state index contributed by atoms with van der Waals surface area (Å²) in [7, 11) is 1.58. The van der Waals surface area contributed by atoms with Gasteiger partial charge in [0.05, 0.1) is 12.8 Å². The van der Waals surface area contributed by atoms with E-state index in [9.17, 15) is 19.2 Å².